The molecule has 3 aromatic carbocycles. The number of anilines is 1. The lowest BCUT2D eigenvalue weighted by atomic mass is 10.1. The minimum Gasteiger partial charge on any atom is -0.491 e. The molecule has 4 aromatic rings. The van der Waals surface area contributed by atoms with E-state index in [1.54, 1.807) is 12.3 Å². The van der Waals surface area contributed by atoms with Crippen molar-refractivity contribution in [3.05, 3.63) is 114 Å². The summed E-state index contributed by atoms with van der Waals surface area (Å²) in [5, 5.41) is 2.91. The molecule has 6 rings (SSSR count). The van der Waals surface area contributed by atoms with Crippen LogP contribution < -0.4 is 15.0 Å². The Labute approximate surface area is 222 Å². The topological polar surface area (TPSA) is 63.7 Å². The molecule has 0 radical (unpaired) electrons. The molecule has 1 fully saturated rings. The van der Waals surface area contributed by atoms with E-state index >= 15 is 0 Å². The third-order valence-corrected chi connectivity index (χ3v) is 6.56. The maximum atomic E-state index is 12.8. The van der Waals surface area contributed by atoms with Crippen molar-refractivity contribution < 1.29 is 18.7 Å². The monoisotopic (exact) mass is 511 g/mol. The van der Waals surface area contributed by atoms with Crippen LogP contribution in [0.25, 0.3) is 11.1 Å². The summed E-state index contributed by atoms with van der Waals surface area (Å²) in [4.78, 5) is 18.8. The third kappa shape index (κ3) is 6.36. The van der Waals surface area contributed by atoms with E-state index in [2.05, 4.69) is 63.7 Å². The predicted octanol–water partition coefficient (Wildman–Crippen LogP) is 5.66. The van der Waals surface area contributed by atoms with Crippen molar-refractivity contribution in [2.75, 3.05) is 37.8 Å². The van der Waals surface area contributed by atoms with Crippen LogP contribution in [-0.4, -0.2) is 43.8 Å². The zero-order valence-corrected chi connectivity index (χ0v) is 21.1. The van der Waals surface area contributed by atoms with Gasteiger partial charge in [-0.3, -0.25) is 9.78 Å². The molecule has 6 nitrogen and oxygen atoms in total. The fraction of sp³-hybridized carbons (Fsp3) is 0.226. The summed E-state index contributed by atoms with van der Waals surface area (Å²) < 4.78 is 23.7. The van der Waals surface area contributed by atoms with E-state index in [4.69, 9.17) is 9.47 Å². The maximum absolute atomic E-state index is 12.8. The fourth-order valence-electron chi connectivity index (χ4n) is 4.51. The van der Waals surface area contributed by atoms with Gasteiger partial charge in [0.15, 0.2) is 0 Å². The van der Waals surface area contributed by atoms with Gasteiger partial charge in [-0.25, -0.2) is 4.39 Å². The molecule has 1 unspecified atom stereocenters. The molecule has 1 N–H and O–H groups in total. The molecule has 38 heavy (non-hydrogen) atoms. The Bertz CT molecular complexity index is 1320. The molecular weight excluding hydrogens is 481 g/mol. The smallest absolute Gasteiger partial charge is 0.251 e. The minimum absolute atomic E-state index is 0.183. The van der Waals surface area contributed by atoms with Crippen LogP contribution in [0.2, 0.25) is 0 Å². The summed E-state index contributed by atoms with van der Waals surface area (Å²) in [5.41, 5.74) is 4.99. The molecule has 0 aliphatic carbocycles. The van der Waals surface area contributed by atoms with E-state index in [0.29, 0.717) is 24.3 Å². The number of fused-ring (bicyclic) bond motifs is 1. The summed E-state index contributed by atoms with van der Waals surface area (Å²) in [6.45, 7) is 4.18. The standard InChI is InChI=1S/C16H17NO.C15H13FN2O2/c1-2-4-14(5-3-1)15-6-8-16(9-7-15)17-10-12-18-13-11-17;16-11-5-3-10(4-6-11)15(19)18-12-7-9-20-13-2-1-8-17-14(12)13/h1-9H,10-13H2;1-6,8,12H,7,9H2,(H,18,19). The number of morpholine rings is 1. The number of hydrogen-bond acceptors (Lipinski definition) is 5. The lowest BCUT2D eigenvalue weighted by Gasteiger charge is -2.28. The van der Waals surface area contributed by atoms with E-state index < -0.39 is 0 Å². The molecule has 0 saturated carbocycles. The third-order valence-electron chi connectivity index (χ3n) is 6.56. The van der Waals surface area contributed by atoms with Gasteiger partial charge in [0.25, 0.3) is 5.91 Å². The summed E-state index contributed by atoms with van der Waals surface area (Å²) in [5.74, 6) is 0.0938. The van der Waals surface area contributed by atoms with Gasteiger partial charge in [0.05, 0.1) is 25.9 Å². The SMILES string of the molecule is O=C(NC1CCOc2cccnc21)c1ccc(F)cc1.c1ccc(-c2ccc(N3CCOCC3)cc2)cc1. The number of rotatable bonds is 4. The zero-order valence-electron chi connectivity index (χ0n) is 21.1. The molecule has 3 heterocycles. The van der Waals surface area contributed by atoms with Crippen LogP contribution >= 0.6 is 0 Å². The van der Waals surface area contributed by atoms with Gasteiger partial charge in [-0.1, -0.05) is 42.5 Å². The number of aromatic nitrogens is 1. The van der Waals surface area contributed by atoms with Crippen LogP contribution in [0.15, 0.2) is 97.2 Å². The number of pyridine rings is 1. The first-order valence-electron chi connectivity index (χ1n) is 12.8. The second-order valence-corrected chi connectivity index (χ2v) is 9.07. The van der Waals surface area contributed by atoms with Crippen LogP contribution in [0.3, 0.4) is 0 Å². The molecule has 194 valence electrons. The summed E-state index contributed by atoms with van der Waals surface area (Å²) in [6.07, 6.45) is 2.33. The highest BCUT2D eigenvalue weighted by molar-refractivity contribution is 5.94. The molecular formula is C31H30FN3O3. The molecule has 7 heteroatoms. The van der Waals surface area contributed by atoms with Crippen LogP contribution in [0.1, 0.15) is 28.5 Å². The number of nitrogens with zero attached hydrogens (tertiary/aromatic N) is 2. The Morgan fingerprint density at radius 3 is 2.29 bits per heavy atom. The van der Waals surface area contributed by atoms with Crippen LogP contribution in [-0.2, 0) is 4.74 Å². The molecule has 1 amide bonds. The van der Waals surface area contributed by atoms with Gasteiger partial charge in [-0.05, 0) is 59.7 Å². The van der Waals surface area contributed by atoms with E-state index in [1.807, 2.05) is 12.1 Å². The Morgan fingerprint density at radius 1 is 0.842 bits per heavy atom. The van der Waals surface area contributed by atoms with Gasteiger partial charge in [0, 0.05) is 37.0 Å². The Kier molecular flexibility index (Phi) is 8.26. The quantitative estimate of drug-likeness (QED) is 0.383. The number of carbonyl (C=O) groups is 1. The summed E-state index contributed by atoms with van der Waals surface area (Å²) in [7, 11) is 0. The largest absolute Gasteiger partial charge is 0.491 e. The summed E-state index contributed by atoms with van der Waals surface area (Å²) in [6, 6.07) is 28.2. The zero-order chi connectivity index (χ0) is 26.2. The first-order chi connectivity index (χ1) is 18.7. The molecule has 2 aliphatic rings. The van der Waals surface area contributed by atoms with Crippen LogP contribution in [0.5, 0.6) is 5.75 Å². The van der Waals surface area contributed by atoms with Crippen molar-refractivity contribution >= 4 is 11.6 Å². The van der Waals surface area contributed by atoms with Crippen LogP contribution in [0, 0.1) is 5.82 Å². The number of amides is 1. The number of nitrogens with one attached hydrogen (secondary N) is 1. The normalized spacial score (nSPS) is 16.3. The molecule has 1 atom stereocenters. The predicted molar refractivity (Wildman–Crippen MR) is 146 cm³/mol. The van der Waals surface area contributed by atoms with Gasteiger partial charge in [0.2, 0.25) is 0 Å². The van der Waals surface area contributed by atoms with E-state index in [1.165, 1.54) is 41.1 Å². The first-order valence-corrected chi connectivity index (χ1v) is 12.8. The fourth-order valence-corrected chi connectivity index (χ4v) is 4.51. The van der Waals surface area contributed by atoms with Crippen molar-refractivity contribution in [1.29, 1.82) is 0 Å². The number of hydrogen-bond donors (Lipinski definition) is 1. The Balaban J connectivity index is 0.000000156. The number of carbonyl (C=O) groups excluding carboxylic acids is 1. The molecule has 0 spiro atoms. The summed E-state index contributed by atoms with van der Waals surface area (Å²) >= 11 is 0. The van der Waals surface area contributed by atoms with Gasteiger partial charge in [0.1, 0.15) is 17.3 Å². The molecule has 1 saturated heterocycles. The Hall–Kier alpha value is -4.23. The second-order valence-electron chi connectivity index (χ2n) is 9.07. The van der Waals surface area contributed by atoms with Gasteiger partial charge >= 0.3 is 0 Å². The molecule has 0 bridgehead atoms. The number of benzene rings is 3. The average molecular weight is 512 g/mol. The second kappa shape index (κ2) is 12.3. The van der Waals surface area contributed by atoms with Crippen molar-refractivity contribution in [3.8, 4) is 16.9 Å². The van der Waals surface area contributed by atoms with Gasteiger partial charge in [-0.15, -0.1) is 0 Å². The highest BCUT2D eigenvalue weighted by Gasteiger charge is 2.24. The molecule has 2 aliphatic heterocycles. The van der Waals surface area contributed by atoms with E-state index in [-0.39, 0.29) is 17.8 Å². The number of halogens is 1. The van der Waals surface area contributed by atoms with Gasteiger partial charge in [-0.2, -0.15) is 0 Å². The lowest BCUT2D eigenvalue weighted by molar-refractivity contribution is 0.0923. The van der Waals surface area contributed by atoms with Crippen molar-refractivity contribution in [2.45, 2.75) is 12.5 Å². The average Bonchev–Trinajstić information content (AvgIpc) is 2.99. The maximum Gasteiger partial charge on any atom is 0.251 e. The number of ether oxygens (including phenoxy) is 2. The van der Waals surface area contributed by atoms with E-state index in [0.717, 1.165) is 32.0 Å². The van der Waals surface area contributed by atoms with Gasteiger partial charge < -0.3 is 19.7 Å². The lowest BCUT2D eigenvalue weighted by Crippen LogP contribution is -2.36. The molecule has 1 aromatic heterocycles. The Morgan fingerprint density at radius 2 is 1.55 bits per heavy atom. The van der Waals surface area contributed by atoms with E-state index in [9.17, 15) is 9.18 Å². The highest BCUT2D eigenvalue weighted by atomic mass is 19.1. The van der Waals surface area contributed by atoms with Crippen molar-refractivity contribution in [3.63, 3.8) is 0 Å². The van der Waals surface area contributed by atoms with Crippen molar-refractivity contribution in [2.24, 2.45) is 0 Å². The highest BCUT2D eigenvalue weighted by Crippen LogP contribution is 2.29. The minimum atomic E-state index is -0.361. The van der Waals surface area contributed by atoms with Crippen LogP contribution in [0.4, 0.5) is 10.1 Å². The first kappa shape index (κ1) is 25.4. The van der Waals surface area contributed by atoms with Crippen molar-refractivity contribution in [1.82, 2.24) is 10.3 Å².